The number of carbonyl (C=O) groups is 1. The Balaban J connectivity index is 1.75. The summed E-state index contributed by atoms with van der Waals surface area (Å²) >= 11 is 0. The first-order valence-electron chi connectivity index (χ1n) is 6.47. The Morgan fingerprint density at radius 2 is 2.17 bits per heavy atom. The van der Waals surface area contributed by atoms with Crippen LogP contribution >= 0.6 is 0 Å². The number of piperazine rings is 1. The molecule has 6 heteroatoms. The van der Waals surface area contributed by atoms with Gasteiger partial charge in [-0.15, -0.1) is 0 Å². The first kappa shape index (κ1) is 13.1. The average Bonchev–Trinajstić information content (AvgIpc) is 2.91. The Morgan fingerprint density at radius 1 is 1.44 bits per heavy atom. The largest absolute Gasteiger partial charge is 0.379 e. The zero-order valence-corrected chi connectivity index (χ0v) is 10.8. The van der Waals surface area contributed by atoms with Gasteiger partial charge >= 0.3 is 6.03 Å². The quantitative estimate of drug-likeness (QED) is 0.752. The third-order valence-electron chi connectivity index (χ3n) is 3.59. The van der Waals surface area contributed by atoms with Gasteiger partial charge in [-0.1, -0.05) is 0 Å². The molecule has 0 aliphatic carbocycles. The van der Waals surface area contributed by atoms with Crippen molar-refractivity contribution >= 4 is 6.03 Å². The topological polar surface area (TPSA) is 68.6 Å². The molecule has 2 rings (SSSR count). The van der Waals surface area contributed by atoms with Crippen LogP contribution in [0.15, 0.2) is 0 Å². The van der Waals surface area contributed by atoms with Crippen LogP contribution in [0.1, 0.15) is 13.3 Å². The van der Waals surface area contributed by atoms with E-state index in [1.54, 1.807) is 0 Å². The molecule has 2 saturated heterocycles. The van der Waals surface area contributed by atoms with Crippen molar-refractivity contribution in [2.75, 3.05) is 39.4 Å². The van der Waals surface area contributed by atoms with Gasteiger partial charge in [-0.2, -0.15) is 5.26 Å². The van der Waals surface area contributed by atoms with E-state index < -0.39 is 0 Å². The van der Waals surface area contributed by atoms with Gasteiger partial charge in [0.15, 0.2) is 0 Å². The molecule has 1 N–H and O–H groups in total. The van der Waals surface area contributed by atoms with Gasteiger partial charge < -0.3 is 15.0 Å². The summed E-state index contributed by atoms with van der Waals surface area (Å²) in [4.78, 5) is 15.9. The summed E-state index contributed by atoms with van der Waals surface area (Å²) in [5.41, 5.74) is 0. The molecule has 0 bridgehead atoms. The highest BCUT2D eigenvalue weighted by atomic mass is 16.5. The number of nitrogens with zero attached hydrogens (tertiary/aromatic N) is 3. The number of rotatable bonds is 2. The zero-order chi connectivity index (χ0) is 13.0. The minimum atomic E-state index is -0.0709. The number of hydrogen-bond donors (Lipinski definition) is 1. The molecule has 2 aliphatic heterocycles. The lowest BCUT2D eigenvalue weighted by Crippen LogP contribution is -2.54. The fourth-order valence-electron chi connectivity index (χ4n) is 2.31. The van der Waals surface area contributed by atoms with E-state index in [1.807, 2.05) is 11.8 Å². The molecule has 0 aromatic rings. The standard InChI is InChI=1S/C12H20N4O2/c1-10(8-13)15-3-5-16(6-4-15)12(17)14-11-2-7-18-9-11/h10-11H,2-7,9H2,1H3,(H,14,17). The van der Waals surface area contributed by atoms with Crippen LogP contribution in [-0.2, 0) is 4.74 Å². The number of carbonyl (C=O) groups excluding carboxylic acids is 1. The van der Waals surface area contributed by atoms with E-state index in [2.05, 4.69) is 16.3 Å². The maximum Gasteiger partial charge on any atom is 0.317 e. The summed E-state index contributed by atoms with van der Waals surface area (Å²) in [5, 5.41) is 11.8. The Morgan fingerprint density at radius 3 is 2.72 bits per heavy atom. The van der Waals surface area contributed by atoms with Crippen molar-refractivity contribution in [1.29, 1.82) is 5.26 Å². The van der Waals surface area contributed by atoms with Crippen molar-refractivity contribution in [3.05, 3.63) is 0 Å². The second kappa shape index (κ2) is 6.03. The molecule has 2 fully saturated rings. The maximum atomic E-state index is 12.0. The lowest BCUT2D eigenvalue weighted by atomic mass is 10.2. The molecule has 2 heterocycles. The lowest BCUT2D eigenvalue weighted by molar-refractivity contribution is 0.125. The lowest BCUT2D eigenvalue weighted by Gasteiger charge is -2.36. The molecule has 0 saturated carbocycles. The highest BCUT2D eigenvalue weighted by Gasteiger charge is 2.26. The maximum absolute atomic E-state index is 12.0. The van der Waals surface area contributed by atoms with Gasteiger partial charge in [0.05, 0.1) is 24.8 Å². The number of nitriles is 1. The molecule has 0 aromatic heterocycles. The first-order chi connectivity index (χ1) is 8.70. The SMILES string of the molecule is CC(C#N)N1CCN(C(=O)NC2CCOC2)CC1. The normalized spacial score (nSPS) is 26.7. The van der Waals surface area contributed by atoms with Crippen molar-refractivity contribution in [2.24, 2.45) is 0 Å². The fraction of sp³-hybridized carbons (Fsp3) is 0.833. The van der Waals surface area contributed by atoms with Crippen molar-refractivity contribution in [3.8, 4) is 6.07 Å². The van der Waals surface area contributed by atoms with Gasteiger partial charge in [-0.25, -0.2) is 4.79 Å². The van der Waals surface area contributed by atoms with Crippen LogP contribution in [0.5, 0.6) is 0 Å². The predicted molar refractivity (Wildman–Crippen MR) is 66.0 cm³/mol. The van der Waals surface area contributed by atoms with Crippen LogP contribution in [0.4, 0.5) is 4.79 Å². The molecule has 18 heavy (non-hydrogen) atoms. The molecule has 0 spiro atoms. The molecular weight excluding hydrogens is 232 g/mol. The van der Waals surface area contributed by atoms with E-state index in [-0.39, 0.29) is 18.1 Å². The molecular formula is C12H20N4O2. The second-order valence-electron chi connectivity index (χ2n) is 4.84. The van der Waals surface area contributed by atoms with Gasteiger partial charge in [-0.05, 0) is 13.3 Å². The molecule has 2 atom stereocenters. The van der Waals surface area contributed by atoms with E-state index in [9.17, 15) is 4.79 Å². The average molecular weight is 252 g/mol. The minimum Gasteiger partial charge on any atom is -0.379 e. The van der Waals surface area contributed by atoms with Crippen LogP contribution in [0, 0.1) is 11.3 Å². The Hall–Kier alpha value is -1.32. The van der Waals surface area contributed by atoms with Gasteiger partial charge in [0.2, 0.25) is 0 Å². The van der Waals surface area contributed by atoms with Crippen molar-refractivity contribution in [1.82, 2.24) is 15.1 Å². The minimum absolute atomic E-state index is 0.00485. The van der Waals surface area contributed by atoms with E-state index >= 15 is 0 Å². The van der Waals surface area contributed by atoms with E-state index in [0.29, 0.717) is 19.7 Å². The summed E-state index contributed by atoms with van der Waals surface area (Å²) in [6, 6.07) is 2.31. The van der Waals surface area contributed by atoms with Crippen molar-refractivity contribution < 1.29 is 9.53 Å². The summed E-state index contributed by atoms with van der Waals surface area (Å²) in [7, 11) is 0. The highest BCUT2D eigenvalue weighted by Crippen LogP contribution is 2.08. The molecule has 6 nitrogen and oxygen atoms in total. The number of hydrogen-bond acceptors (Lipinski definition) is 4. The highest BCUT2D eigenvalue weighted by molar-refractivity contribution is 5.74. The van der Waals surface area contributed by atoms with Crippen molar-refractivity contribution in [2.45, 2.75) is 25.4 Å². The summed E-state index contributed by atoms with van der Waals surface area (Å²) in [6.45, 7) is 6.16. The van der Waals surface area contributed by atoms with Crippen LogP contribution in [-0.4, -0.2) is 67.3 Å². The van der Waals surface area contributed by atoms with Gasteiger partial charge in [0, 0.05) is 32.8 Å². The molecule has 2 aliphatic rings. The van der Waals surface area contributed by atoms with Crippen LogP contribution in [0.3, 0.4) is 0 Å². The monoisotopic (exact) mass is 252 g/mol. The number of nitrogens with one attached hydrogen (secondary N) is 1. The van der Waals surface area contributed by atoms with Gasteiger partial charge in [0.25, 0.3) is 0 Å². The molecule has 0 aromatic carbocycles. The molecule has 0 radical (unpaired) electrons. The Labute approximate surface area is 107 Å². The summed E-state index contributed by atoms with van der Waals surface area (Å²) in [6.07, 6.45) is 0.900. The number of amides is 2. The smallest absolute Gasteiger partial charge is 0.317 e. The Kier molecular flexibility index (Phi) is 4.39. The van der Waals surface area contributed by atoms with Gasteiger partial charge in [0.1, 0.15) is 0 Å². The van der Waals surface area contributed by atoms with E-state index in [0.717, 1.165) is 26.1 Å². The summed E-state index contributed by atoms with van der Waals surface area (Å²) in [5.74, 6) is 0. The summed E-state index contributed by atoms with van der Waals surface area (Å²) < 4.78 is 5.23. The molecule has 100 valence electrons. The second-order valence-corrected chi connectivity index (χ2v) is 4.84. The van der Waals surface area contributed by atoms with Crippen LogP contribution < -0.4 is 5.32 Å². The van der Waals surface area contributed by atoms with E-state index in [4.69, 9.17) is 10.00 Å². The third-order valence-corrected chi connectivity index (χ3v) is 3.59. The van der Waals surface area contributed by atoms with Crippen molar-refractivity contribution in [3.63, 3.8) is 0 Å². The Bertz CT molecular complexity index is 327. The molecule has 2 amide bonds. The van der Waals surface area contributed by atoms with E-state index in [1.165, 1.54) is 0 Å². The number of ether oxygens (including phenoxy) is 1. The predicted octanol–water partition coefficient (Wildman–Crippen LogP) is 0.0146. The third kappa shape index (κ3) is 3.12. The number of urea groups is 1. The van der Waals surface area contributed by atoms with Crippen LogP contribution in [0.25, 0.3) is 0 Å². The first-order valence-corrected chi connectivity index (χ1v) is 6.47. The van der Waals surface area contributed by atoms with Gasteiger partial charge in [-0.3, -0.25) is 4.90 Å². The zero-order valence-electron chi connectivity index (χ0n) is 10.8. The van der Waals surface area contributed by atoms with Crippen LogP contribution in [0.2, 0.25) is 0 Å². The molecule has 2 unspecified atom stereocenters. The fourth-order valence-corrected chi connectivity index (χ4v) is 2.31.